The fraction of sp³-hybridized carbons (Fsp3) is 0.500. The second-order valence-electron chi connectivity index (χ2n) is 3.98. The lowest BCUT2D eigenvalue weighted by Gasteiger charge is -2.22. The zero-order valence-electron chi connectivity index (χ0n) is 9.96. The first-order valence-corrected chi connectivity index (χ1v) is 5.59. The Labute approximate surface area is 120 Å². The van der Waals surface area contributed by atoms with E-state index in [-0.39, 0.29) is 24.8 Å². The molecule has 0 saturated carbocycles. The molecule has 100 valence electrons. The molecule has 1 saturated heterocycles. The van der Waals surface area contributed by atoms with Crippen LogP contribution in [0.4, 0.5) is 0 Å². The zero-order chi connectivity index (χ0) is 11.2. The highest BCUT2D eigenvalue weighted by molar-refractivity contribution is 5.85. The third-order valence-electron chi connectivity index (χ3n) is 2.76. The van der Waals surface area contributed by atoms with Crippen LogP contribution in [0, 0.1) is 17.2 Å². The summed E-state index contributed by atoms with van der Waals surface area (Å²) in [5.74, 6) is 1.16. The maximum atomic E-state index is 8.70. The largest absolute Gasteiger partial charge is 0.477 e. The number of nitrogens with one attached hydrogen (secondary N) is 1. The van der Waals surface area contributed by atoms with Crippen LogP contribution < -0.4 is 10.1 Å². The van der Waals surface area contributed by atoms with E-state index in [1.54, 1.807) is 18.2 Å². The standard InChI is InChI=1S/C12H15N3O.2ClH/c13-8-11-2-1-3-12(15-11)16-9-10-4-6-14-7-5-10;;/h1-3,10,14H,4-7,9H2;2*1H. The SMILES string of the molecule is Cl.Cl.N#Cc1cccc(OCC2CCNCC2)n1. The van der Waals surface area contributed by atoms with Crippen molar-refractivity contribution >= 4 is 24.8 Å². The molecule has 0 radical (unpaired) electrons. The molecule has 1 N–H and O–H groups in total. The van der Waals surface area contributed by atoms with E-state index in [2.05, 4.69) is 10.3 Å². The monoisotopic (exact) mass is 289 g/mol. The molecule has 0 bridgehead atoms. The molecule has 0 amide bonds. The predicted octanol–water partition coefficient (Wildman–Crippen LogP) is 2.18. The molecule has 0 unspecified atom stereocenters. The summed E-state index contributed by atoms with van der Waals surface area (Å²) in [5, 5.41) is 12.0. The lowest BCUT2D eigenvalue weighted by atomic mass is 9.99. The van der Waals surface area contributed by atoms with Gasteiger partial charge in [0, 0.05) is 6.07 Å². The number of ether oxygens (including phenoxy) is 1. The van der Waals surface area contributed by atoms with Crippen molar-refractivity contribution in [1.82, 2.24) is 10.3 Å². The second kappa shape index (κ2) is 8.98. The van der Waals surface area contributed by atoms with Crippen LogP contribution in [0.3, 0.4) is 0 Å². The molecule has 0 atom stereocenters. The van der Waals surface area contributed by atoms with Crippen LogP contribution in [0.15, 0.2) is 18.2 Å². The fourth-order valence-corrected chi connectivity index (χ4v) is 1.81. The Bertz CT molecular complexity index is 389. The van der Waals surface area contributed by atoms with Gasteiger partial charge >= 0.3 is 0 Å². The number of halogens is 2. The normalized spacial score (nSPS) is 14.8. The molecule has 1 fully saturated rings. The van der Waals surface area contributed by atoms with Gasteiger partial charge in [-0.3, -0.25) is 0 Å². The summed E-state index contributed by atoms with van der Waals surface area (Å²) < 4.78 is 5.60. The summed E-state index contributed by atoms with van der Waals surface area (Å²) >= 11 is 0. The molecule has 0 aliphatic carbocycles. The van der Waals surface area contributed by atoms with Crippen molar-refractivity contribution in [3.8, 4) is 11.9 Å². The van der Waals surface area contributed by atoms with Crippen LogP contribution in [-0.4, -0.2) is 24.7 Å². The van der Waals surface area contributed by atoms with E-state index in [9.17, 15) is 0 Å². The van der Waals surface area contributed by atoms with Gasteiger partial charge in [-0.05, 0) is 37.9 Å². The van der Waals surface area contributed by atoms with Crippen LogP contribution in [0.1, 0.15) is 18.5 Å². The lowest BCUT2D eigenvalue weighted by Crippen LogP contribution is -2.30. The number of hydrogen-bond donors (Lipinski definition) is 1. The van der Waals surface area contributed by atoms with Crippen molar-refractivity contribution in [2.75, 3.05) is 19.7 Å². The van der Waals surface area contributed by atoms with E-state index in [4.69, 9.17) is 10.00 Å². The van der Waals surface area contributed by atoms with E-state index in [0.29, 0.717) is 24.1 Å². The van der Waals surface area contributed by atoms with Crippen LogP contribution in [0.25, 0.3) is 0 Å². The van der Waals surface area contributed by atoms with Crippen LogP contribution in [0.5, 0.6) is 5.88 Å². The van der Waals surface area contributed by atoms with E-state index in [0.717, 1.165) is 25.9 Å². The quantitative estimate of drug-likeness (QED) is 0.927. The van der Waals surface area contributed by atoms with Gasteiger partial charge in [-0.2, -0.15) is 5.26 Å². The Hall–Kier alpha value is -1.02. The number of rotatable bonds is 3. The third-order valence-corrected chi connectivity index (χ3v) is 2.76. The molecular weight excluding hydrogens is 273 g/mol. The topological polar surface area (TPSA) is 57.9 Å². The van der Waals surface area contributed by atoms with Crippen LogP contribution >= 0.6 is 24.8 Å². The van der Waals surface area contributed by atoms with Gasteiger partial charge in [-0.1, -0.05) is 6.07 Å². The molecule has 18 heavy (non-hydrogen) atoms. The van der Waals surface area contributed by atoms with E-state index < -0.39 is 0 Å². The minimum atomic E-state index is 0. The average molecular weight is 290 g/mol. The first-order valence-electron chi connectivity index (χ1n) is 5.59. The van der Waals surface area contributed by atoms with Crippen LogP contribution in [-0.2, 0) is 0 Å². The second-order valence-corrected chi connectivity index (χ2v) is 3.98. The van der Waals surface area contributed by atoms with E-state index in [1.807, 2.05) is 6.07 Å². The van der Waals surface area contributed by atoms with Gasteiger partial charge in [0.1, 0.15) is 11.8 Å². The molecule has 0 aromatic carbocycles. The van der Waals surface area contributed by atoms with Crippen molar-refractivity contribution in [1.29, 1.82) is 5.26 Å². The summed E-state index contributed by atoms with van der Waals surface area (Å²) in [6.07, 6.45) is 2.30. The molecular formula is C12H17Cl2N3O. The fourth-order valence-electron chi connectivity index (χ4n) is 1.81. The van der Waals surface area contributed by atoms with Gasteiger partial charge in [-0.25, -0.2) is 4.98 Å². The number of pyridine rings is 1. The Morgan fingerprint density at radius 1 is 1.33 bits per heavy atom. The van der Waals surface area contributed by atoms with Crippen LogP contribution in [0.2, 0.25) is 0 Å². The Balaban J connectivity index is 0.00000144. The van der Waals surface area contributed by atoms with Gasteiger partial charge in [-0.15, -0.1) is 24.8 Å². The van der Waals surface area contributed by atoms with Gasteiger partial charge in [0.25, 0.3) is 0 Å². The van der Waals surface area contributed by atoms with Gasteiger partial charge in [0.15, 0.2) is 0 Å². The molecule has 1 aliphatic heterocycles. The lowest BCUT2D eigenvalue weighted by molar-refractivity contribution is 0.209. The maximum Gasteiger partial charge on any atom is 0.214 e. The summed E-state index contributed by atoms with van der Waals surface area (Å²) in [4.78, 5) is 4.08. The van der Waals surface area contributed by atoms with E-state index >= 15 is 0 Å². The smallest absolute Gasteiger partial charge is 0.214 e. The number of hydrogen-bond acceptors (Lipinski definition) is 4. The van der Waals surface area contributed by atoms with Gasteiger partial charge in [0.05, 0.1) is 6.61 Å². The number of aromatic nitrogens is 1. The van der Waals surface area contributed by atoms with Gasteiger partial charge in [0.2, 0.25) is 5.88 Å². The third kappa shape index (κ3) is 5.09. The Morgan fingerprint density at radius 3 is 2.72 bits per heavy atom. The van der Waals surface area contributed by atoms with Crippen molar-refractivity contribution in [2.24, 2.45) is 5.92 Å². The molecule has 1 aromatic rings. The number of nitriles is 1. The maximum absolute atomic E-state index is 8.70. The minimum absolute atomic E-state index is 0. The summed E-state index contributed by atoms with van der Waals surface area (Å²) in [6, 6.07) is 7.27. The first kappa shape index (κ1) is 17.0. The molecule has 6 heteroatoms. The van der Waals surface area contributed by atoms with Crippen molar-refractivity contribution in [3.63, 3.8) is 0 Å². The minimum Gasteiger partial charge on any atom is -0.477 e. The molecule has 2 rings (SSSR count). The van der Waals surface area contributed by atoms with Crippen molar-refractivity contribution < 1.29 is 4.74 Å². The summed E-state index contributed by atoms with van der Waals surface area (Å²) in [7, 11) is 0. The van der Waals surface area contributed by atoms with Gasteiger partial charge < -0.3 is 10.1 Å². The Kier molecular flexibility index (Phi) is 8.47. The highest BCUT2D eigenvalue weighted by atomic mass is 35.5. The average Bonchev–Trinajstić information content (AvgIpc) is 2.38. The molecule has 1 aliphatic rings. The first-order chi connectivity index (χ1) is 7.88. The highest BCUT2D eigenvalue weighted by Gasteiger charge is 2.13. The van der Waals surface area contributed by atoms with E-state index in [1.165, 1.54) is 0 Å². The molecule has 1 aromatic heterocycles. The number of piperidine rings is 1. The molecule has 4 nitrogen and oxygen atoms in total. The van der Waals surface area contributed by atoms with Crippen molar-refractivity contribution in [3.05, 3.63) is 23.9 Å². The summed E-state index contributed by atoms with van der Waals surface area (Å²) in [5.41, 5.74) is 0.405. The predicted molar refractivity (Wildman–Crippen MR) is 74.5 cm³/mol. The zero-order valence-corrected chi connectivity index (χ0v) is 11.6. The molecule has 2 heterocycles. The highest BCUT2D eigenvalue weighted by Crippen LogP contribution is 2.14. The summed E-state index contributed by atoms with van der Waals surface area (Å²) in [6.45, 7) is 2.84. The van der Waals surface area contributed by atoms with Crippen molar-refractivity contribution in [2.45, 2.75) is 12.8 Å². The Morgan fingerprint density at radius 2 is 2.06 bits per heavy atom. The number of nitrogens with zero attached hydrogens (tertiary/aromatic N) is 2. The molecule has 0 spiro atoms.